The minimum absolute atomic E-state index is 0.264. The highest BCUT2D eigenvalue weighted by atomic mass is 35.5. The molecule has 0 spiro atoms. The number of ether oxygens (including phenoxy) is 1. The number of esters is 1. The van der Waals surface area contributed by atoms with Crippen LogP contribution >= 0.6 is 11.6 Å². The SMILES string of the molecule is CCOC(=O)C1=C(c2ccccc2)Nc2nnnn2C1c1ccc(Cl)cc1. The molecule has 0 aliphatic carbocycles. The molecule has 0 saturated carbocycles. The van der Waals surface area contributed by atoms with Crippen molar-refractivity contribution >= 4 is 29.2 Å². The smallest absolute Gasteiger partial charge is 0.338 e. The van der Waals surface area contributed by atoms with Crippen molar-refractivity contribution in [3.8, 4) is 0 Å². The summed E-state index contributed by atoms with van der Waals surface area (Å²) >= 11 is 6.04. The standard InChI is InChI=1S/C19H16ClN5O2/c1-2-27-18(26)15-16(12-6-4-3-5-7-12)21-19-22-23-24-25(19)17(15)13-8-10-14(20)11-9-13/h3-11,17H,2H2,1H3,(H,21,22,24). The van der Waals surface area contributed by atoms with Gasteiger partial charge in [0.05, 0.1) is 17.9 Å². The number of rotatable bonds is 4. The molecule has 2 heterocycles. The van der Waals surface area contributed by atoms with Gasteiger partial charge in [0.25, 0.3) is 0 Å². The molecule has 1 unspecified atom stereocenters. The van der Waals surface area contributed by atoms with Gasteiger partial charge < -0.3 is 10.1 Å². The van der Waals surface area contributed by atoms with Crippen molar-refractivity contribution in [3.63, 3.8) is 0 Å². The quantitative estimate of drug-likeness (QED) is 0.698. The summed E-state index contributed by atoms with van der Waals surface area (Å²) in [5.41, 5.74) is 2.72. The first-order valence-electron chi connectivity index (χ1n) is 8.46. The number of nitrogens with zero attached hydrogens (tertiary/aromatic N) is 4. The summed E-state index contributed by atoms with van der Waals surface area (Å²) in [5, 5.41) is 15.7. The third-order valence-electron chi connectivity index (χ3n) is 4.26. The zero-order chi connectivity index (χ0) is 18.8. The summed E-state index contributed by atoms with van der Waals surface area (Å²) in [6.45, 7) is 2.04. The number of hydrogen-bond donors (Lipinski definition) is 1. The molecule has 8 heteroatoms. The fourth-order valence-corrected chi connectivity index (χ4v) is 3.22. The maximum atomic E-state index is 12.9. The molecule has 27 heavy (non-hydrogen) atoms. The maximum Gasteiger partial charge on any atom is 0.338 e. The van der Waals surface area contributed by atoms with E-state index in [0.29, 0.717) is 22.2 Å². The van der Waals surface area contributed by atoms with Crippen LogP contribution in [0.1, 0.15) is 24.1 Å². The van der Waals surface area contributed by atoms with Crippen molar-refractivity contribution in [2.24, 2.45) is 0 Å². The van der Waals surface area contributed by atoms with Crippen LogP contribution in [0.3, 0.4) is 0 Å². The van der Waals surface area contributed by atoms with Crippen molar-refractivity contribution < 1.29 is 9.53 Å². The third kappa shape index (κ3) is 3.17. The Bertz CT molecular complexity index is 998. The van der Waals surface area contributed by atoms with E-state index < -0.39 is 12.0 Å². The normalized spacial score (nSPS) is 15.9. The molecular weight excluding hydrogens is 366 g/mol. The van der Waals surface area contributed by atoms with Gasteiger partial charge in [-0.3, -0.25) is 0 Å². The summed E-state index contributed by atoms with van der Waals surface area (Å²) in [5.74, 6) is 0.0202. The van der Waals surface area contributed by atoms with E-state index in [2.05, 4.69) is 20.8 Å². The molecule has 0 amide bonds. The Morgan fingerprint density at radius 1 is 1.19 bits per heavy atom. The van der Waals surface area contributed by atoms with E-state index in [0.717, 1.165) is 11.1 Å². The molecule has 1 atom stereocenters. The molecule has 0 fully saturated rings. The lowest BCUT2D eigenvalue weighted by Crippen LogP contribution is -2.30. The van der Waals surface area contributed by atoms with E-state index in [1.165, 1.54) is 0 Å². The fourth-order valence-electron chi connectivity index (χ4n) is 3.10. The fraction of sp³-hybridized carbons (Fsp3) is 0.158. The van der Waals surface area contributed by atoms with Gasteiger partial charge in [-0.2, -0.15) is 4.68 Å². The Morgan fingerprint density at radius 3 is 2.63 bits per heavy atom. The Kier molecular flexibility index (Phi) is 4.60. The van der Waals surface area contributed by atoms with Crippen molar-refractivity contribution in [1.29, 1.82) is 0 Å². The molecule has 136 valence electrons. The Balaban J connectivity index is 1.95. The molecule has 1 aromatic heterocycles. The molecule has 4 rings (SSSR count). The Labute approximate surface area is 160 Å². The van der Waals surface area contributed by atoms with Gasteiger partial charge in [-0.25, -0.2) is 4.79 Å². The van der Waals surface area contributed by atoms with Gasteiger partial charge in [-0.1, -0.05) is 59.2 Å². The first-order valence-corrected chi connectivity index (χ1v) is 8.84. The monoisotopic (exact) mass is 381 g/mol. The topological polar surface area (TPSA) is 81.9 Å². The maximum absolute atomic E-state index is 12.9. The number of hydrogen-bond acceptors (Lipinski definition) is 6. The van der Waals surface area contributed by atoms with Gasteiger partial charge in [-0.15, -0.1) is 0 Å². The lowest BCUT2D eigenvalue weighted by Gasteiger charge is -2.28. The number of halogens is 1. The Hall–Kier alpha value is -3.19. The molecule has 0 bridgehead atoms. The lowest BCUT2D eigenvalue weighted by atomic mass is 9.93. The molecule has 7 nitrogen and oxygen atoms in total. The van der Waals surface area contributed by atoms with Gasteiger partial charge in [0.1, 0.15) is 6.04 Å². The highest BCUT2D eigenvalue weighted by Crippen LogP contribution is 2.38. The second-order valence-corrected chi connectivity index (χ2v) is 6.34. The molecular formula is C19H16ClN5O2. The molecule has 1 aliphatic heterocycles. The van der Waals surface area contributed by atoms with Crippen molar-refractivity contribution in [1.82, 2.24) is 20.2 Å². The van der Waals surface area contributed by atoms with Gasteiger partial charge in [0.2, 0.25) is 5.95 Å². The van der Waals surface area contributed by atoms with Crippen molar-refractivity contribution in [2.45, 2.75) is 13.0 Å². The van der Waals surface area contributed by atoms with Crippen LogP contribution in [0.2, 0.25) is 5.02 Å². The predicted octanol–water partition coefficient (Wildman–Crippen LogP) is 3.32. The first-order chi connectivity index (χ1) is 13.2. The first kappa shape index (κ1) is 17.2. The van der Waals surface area contributed by atoms with Crippen molar-refractivity contribution in [3.05, 3.63) is 76.3 Å². The highest BCUT2D eigenvalue weighted by Gasteiger charge is 2.36. The van der Waals surface area contributed by atoms with E-state index in [1.54, 1.807) is 23.7 Å². The second kappa shape index (κ2) is 7.20. The predicted molar refractivity (Wildman–Crippen MR) is 101 cm³/mol. The van der Waals surface area contributed by atoms with Crippen LogP contribution < -0.4 is 5.32 Å². The third-order valence-corrected chi connectivity index (χ3v) is 4.51. The summed E-state index contributed by atoms with van der Waals surface area (Å²) in [6, 6.07) is 16.3. The van der Waals surface area contributed by atoms with Crippen LogP contribution in [0.15, 0.2) is 60.2 Å². The number of tetrazole rings is 1. The van der Waals surface area contributed by atoms with E-state index in [9.17, 15) is 4.79 Å². The van der Waals surface area contributed by atoms with Gasteiger partial charge in [0, 0.05) is 5.02 Å². The molecule has 0 saturated heterocycles. The number of benzene rings is 2. The summed E-state index contributed by atoms with van der Waals surface area (Å²) in [6.07, 6.45) is 0. The highest BCUT2D eigenvalue weighted by molar-refractivity contribution is 6.30. The van der Waals surface area contributed by atoms with Gasteiger partial charge in [-0.05, 0) is 40.6 Å². The number of aromatic nitrogens is 4. The average Bonchev–Trinajstić information content (AvgIpc) is 3.16. The summed E-state index contributed by atoms with van der Waals surface area (Å²) in [4.78, 5) is 12.9. The number of nitrogens with one attached hydrogen (secondary N) is 1. The zero-order valence-electron chi connectivity index (χ0n) is 14.5. The van der Waals surface area contributed by atoms with E-state index in [4.69, 9.17) is 16.3 Å². The second-order valence-electron chi connectivity index (χ2n) is 5.90. The molecule has 0 radical (unpaired) electrons. The Morgan fingerprint density at radius 2 is 1.93 bits per heavy atom. The van der Waals surface area contributed by atoms with Crippen LogP contribution in [0.25, 0.3) is 5.70 Å². The van der Waals surface area contributed by atoms with Crippen LogP contribution in [0.5, 0.6) is 0 Å². The van der Waals surface area contributed by atoms with E-state index in [1.807, 2.05) is 42.5 Å². The van der Waals surface area contributed by atoms with E-state index >= 15 is 0 Å². The number of fused-ring (bicyclic) bond motifs is 1. The summed E-state index contributed by atoms with van der Waals surface area (Å²) in [7, 11) is 0. The van der Waals surface area contributed by atoms with Gasteiger partial charge in [0.15, 0.2) is 0 Å². The molecule has 1 N–H and O–H groups in total. The minimum atomic E-state index is -0.539. The largest absolute Gasteiger partial charge is 0.463 e. The van der Waals surface area contributed by atoms with Crippen molar-refractivity contribution in [2.75, 3.05) is 11.9 Å². The number of carbonyl (C=O) groups excluding carboxylic acids is 1. The van der Waals surface area contributed by atoms with Crippen LogP contribution in [0.4, 0.5) is 5.95 Å². The molecule has 1 aliphatic rings. The number of carbonyl (C=O) groups is 1. The zero-order valence-corrected chi connectivity index (χ0v) is 15.2. The minimum Gasteiger partial charge on any atom is -0.463 e. The number of anilines is 1. The van der Waals surface area contributed by atoms with Gasteiger partial charge >= 0.3 is 5.97 Å². The van der Waals surface area contributed by atoms with Crippen LogP contribution in [-0.4, -0.2) is 32.8 Å². The molecule has 3 aromatic rings. The average molecular weight is 382 g/mol. The van der Waals surface area contributed by atoms with Crippen LogP contribution in [-0.2, 0) is 9.53 Å². The van der Waals surface area contributed by atoms with Crippen LogP contribution in [0, 0.1) is 0 Å². The summed E-state index contributed by atoms with van der Waals surface area (Å²) < 4.78 is 6.93. The lowest BCUT2D eigenvalue weighted by molar-refractivity contribution is -0.138. The molecule has 2 aromatic carbocycles. The van der Waals surface area contributed by atoms with E-state index in [-0.39, 0.29) is 6.61 Å².